The summed E-state index contributed by atoms with van der Waals surface area (Å²) in [4.78, 5) is 0. The predicted molar refractivity (Wildman–Crippen MR) is 85.1 cm³/mol. The van der Waals surface area contributed by atoms with Gasteiger partial charge in [-0.15, -0.1) is 0 Å². The Hall–Kier alpha value is -0.490. The van der Waals surface area contributed by atoms with E-state index >= 15 is 0 Å². The van der Waals surface area contributed by atoms with Gasteiger partial charge in [0.05, 0.1) is 19.3 Å². The molecule has 5 N–H and O–H groups in total. The Bertz CT molecular complexity index is 598. The van der Waals surface area contributed by atoms with E-state index < -0.39 is 84.8 Å². The van der Waals surface area contributed by atoms with Crippen LogP contribution in [-0.4, -0.2) is 114 Å². The van der Waals surface area contributed by atoms with Crippen molar-refractivity contribution >= 4 is 10.4 Å². The van der Waals surface area contributed by atoms with E-state index in [4.69, 9.17) is 18.9 Å². The van der Waals surface area contributed by atoms with Gasteiger partial charge in [-0.2, -0.15) is 0 Å². The van der Waals surface area contributed by atoms with Crippen molar-refractivity contribution in [3.05, 3.63) is 0 Å². The first-order valence-electron chi connectivity index (χ1n) is 8.42. The molecule has 2 saturated heterocycles. The molecule has 2 rings (SSSR count). The van der Waals surface area contributed by atoms with Crippen LogP contribution in [-0.2, 0) is 33.5 Å². The van der Waals surface area contributed by atoms with Gasteiger partial charge in [-0.25, -0.2) is 8.42 Å². The van der Waals surface area contributed by atoms with Gasteiger partial charge >= 0.3 is 0 Å². The van der Waals surface area contributed by atoms with Crippen molar-refractivity contribution < 1.29 is 61.6 Å². The summed E-state index contributed by atoms with van der Waals surface area (Å²) in [6, 6.07) is 0. The molecule has 2 aliphatic heterocycles. The minimum atomic E-state index is -5.09. The minimum absolute atomic E-state index is 0.586. The Morgan fingerprint density at radius 3 is 2.11 bits per heavy atom. The molecular weight excluding hydrogens is 408 g/mol. The highest BCUT2D eigenvalue weighted by atomic mass is 32.3. The van der Waals surface area contributed by atoms with Crippen molar-refractivity contribution in [3.63, 3.8) is 0 Å². The van der Waals surface area contributed by atoms with Gasteiger partial charge < -0.3 is 49.0 Å². The molecule has 0 aromatic heterocycles. The summed E-state index contributed by atoms with van der Waals surface area (Å²) in [6.45, 7) is 0.0206. The van der Waals surface area contributed by atoms with Gasteiger partial charge in [0.1, 0.15) is 36.6 Å². The van der Waals surface area contributed by atoms with Gasteiger partial charge in [0.2, 0.25) is 10.4 Å². The summed E-state index contributed by atoms with van der Waals surface area (Å²) in [5, 5.41) is 49.9. The van der Waals surface area contributed by atoms with Crippen molar-refractivity contribution in [2.45, 2.75) is 62.2 Å². The lowest BCUT2D eigenvalue weighted by atomic mass is 9.90. The lowest BCUT2D eigenvalue weighted by Crippen LogP contribution is -2.63. The Morgan fingerprint density at radius 2 is 1.57 bits per heavy atom. The Morgan fingerprint density at radius 1 is 0.964 bits per heavy atom. The number of rotatable bonds is 7. The highest BCUT2D eigenvalue weighted by Gasteiger charge is 2.50. The molecule has 2 fully saturated rings. The van der Waals surface area contributed by atoms with E-state index in [0.717, 1.165) is 7.11 Å². The molecule has 0 bridgehead atoms. The number of hydrogen-bond acceptors (Lipinski definition) is 13. The fourth-order valence-corrected chi connectivity index (χ4v) is 3.39. The van der Waals surface area contributed by atoms with Gasteiger partial charge in [-0.1, -0.05) is 6.92 Å². The van der Waals surface area contributed by atoms with Crippen molar-refractivity contribution in [1.82, 2.24) is 0 Å². The van der Waals surface area contributed by atoms with Crippen molar-refractivity contribution in [2.75, 3.05) is 20.3 Å². The maximum absolute atomic E-state index is 10.7. The van der Waals surface area contributed by atoms with E-state index in [9.17, 15) is 38.5 Å². The molecule has 0 aromatic carbocycles. The summed E-state index contributed by atoms with van der Waals surface area (Å²) in [5.74, 6) is -0.786. The van der Waals surface area contributed by atoms with Crippen LogP contribution in [0.5, 0.6) is 0 Å². The largest absolute Gasteiger partial charge is 0.726 e. The standard InChI is InChI=1S/C14H26O13S/c1-5-8(16)6(3-15)25-14(9(5)17)27-12-7(4-24-28(20,21)22)26-13(23-2)11(19)10(12)18/h5-19H,3-4H2,1-2H3,(H,20,21,22)/p-1/t5-,6?,7?,8+,9?,10+,11?,12-,13-,14-/m0/s1. The number of aliphatic hydroxyl groups excluding tert-OH is 5. The first-order chi connectivity index (χ1) is 13.0. The molecule has 2 heterocycles. The van der Waals surface area contributed by atoms with Crippen LogP contribution < -0.4 is 0 Å². The van der Waals surface area contributed by atoms with Crippen LogP contribution in [0.4, 0.5) is 0 Å². The summed E-state index contributed by atoms with van der Waals surface area (Å²) < 4.78 is 57.3. The second-order valence-electron chi connectivity index (χ2n) is 6.62. The highest BCUT2D eigenvalue weighted by molar-refractivity contribution is 7.80. The minimum Gasteiger partial charge on any atom is -0.726 e. The zero-order chi connectivity index (χ0) is 21.2. The third kappa shape index (κ3) is 5.35. The van der Waals surface area contributed by atoms with Crippen molar-refractivity contribution in [1.29, 1.82) is 0 Å². The summed E-state index contributed by atoms with van der Waals surface area (Å²) in [5.41, 5.74) is 0. The lowest BCUT2D eigenvalue weighted by Gasteiger charge is -2.46. The number of aliphatic hydroxyl groups is 5. The second kappa shape index (κ2) is 9.55. The maximum atomic E-state index is 10.7. The first kappa shape index (κ1) is 23.8. The summed E-state index contributed by atoms with van der Waals surface area (Å²) in [7, 11) is -3.93. The summed E-state index contributed by atoms with van der Waals surface area (Å²) in [6.07, 6.45) is -12.8. The van der Waals surface area contributed by atoms with Gasteiger partial charge in [0.25, 0.3) is 0 Å². The van der Waals surface area contributed by atoms with Gasteiger partial charge in [0.15, 0.2) is 12.6 Å². The van der Waals surface area contributed by atoms with Crippen LogP contribution in [0, 0.1) is 5.92 Å². The molecular formula is C14H25O13S-. The van der Waals surface area contributed by atoms with E-state index in [0.29, 0.717) is 0 Å². The van der Waals surface area contributed by atoms with Crippen molar-refractivity contribution in [2.24, 2.45) is 5.92 Å². The Balaban J connectivity index is 2.19. The third-order valence-corrected chi connectivity index (χ3v) is 5.19. The van der Waals surface area contributed by atoms with E-state index in [1.807, 2.05) is 0 Å². The van der Waals surface area contributed by atoms with Crippen molar-refractivity contribution in [3.8, 4) is 0 Å². The maximum Gasteiger partial charge on any atom is 0.217 e. The molecule has 4 unspecified atom stereocenters. The average Bonchev–Trinajstić information content (AvgIpc) is 2.64. The third-order valence-electron chi connectivity index (χ3n) is 4.77. The monoisotopic (exact) mass is 433 g/mol. The van der Waals surface area contributed by atoms with Gasteiger partial charge in [0, 0.05) is 13.0 Å². The highest BCUT2D eigenvalue weighted by Crippen LogP contribution is 2.31. The van der Waals surface area contributed by atoms with Crippen LogP contribution in [0.15, 0.2) is 0 Å². The molecule has 0 saturated carbocycles. The topological polar surface area (TPSA) is 204 Å². The van der Waals surface area contributed by atoms with E-state index in [1.54, 1.807) is 0 Å². The van der Waals surface area contributed by atoms with Gasteiger partial charge in [-0.3, -0.25) is 4.18 Å². The van der Waals surface area contributed by atoms with Crippen LogP contribution in [0.25, 0.3) is 0 Å². The molecule has 0 spiro atoms. The summed E-state index contributed by atoms with van der Waals surface area (Å²) >= 11 is 0. The molecule has 0 radical (unpaired) electrons. The molecule has 2 aliphatic rings. The van der Waals surface area contributed by atoms with Crippen LogP contribution in [0.3, 0.4) is 0 Å². The second-order valence-corrected chi connectivity index (χ2v) is 7.67. The smallest absolute Gasteiger partial charge is 0.217 e. The fraction of sp³-hybridized carbons (Fsp3) is 1.00. The predicted octanol–water partition coefficient (Wildman–Crippen LogP) is -3.98. The number of ether oxygens (including phenoxy) is 4. The number of hydrogen-bond donors (Lipinski definition) is 5. The van der Waals surface area contributed by atoms with Gasteiger partial charge in [-0.05, 0) is 0 Å². The zero-order valence-corrected chi connectivity index (χ0v) is 15.9. The van der Waals surface area contributed by atoms with Crippen LogP contribution in [0.2, 0.25) is 0 Å². The SMILES string of the molecule is CO[C@H]1OC(COS(=O)(=O)[O-])[C@H](O[C@@H]2OC(CO)[C@H](O)[C@H](C)C2O)[C@H](O)C1O. The molecule has 0 amide bonds. The molecule has 166 valence electrons. The Kier molecular flexibility index (Phi) is 8.11. The molecule has 28 heavy (non-hydrogen) atoms. The van der Waals surface area contributed by atoms with E-state index in [2.05, 4.69) is 4.18 Å². The number of methoxy groups -OCH3 is 1. The normalized spacial score (nSPS) is 45.1. The fourth-order valence-electron chi connectivity index (χ4n) is 3.09. The lowest BCUT2D eigenvalue weighted by molar-refractivity contribution is -0.352. The molecule has 13 nitrogen and oxygen atoms in total. The van der Waals surface area contributed by atoms with Crippen LogP contribution >= 0.6 is 0 Å². The van der Waals surface area contributed by atoms with E-state index in [1.165, 1.54) is 6.92 Å². The average molecular weight is 433 g/mol. The Labute approximate surface area is 161 Å². The van der Waals surface area contributed by atoms with E-state index in [-0.39, 0.29) is 0 Å². The molecule has 0 aromatic rings. The molecule has 0 aliphatic carbocycles. The quantitative estimate of drug-likeness (QED) is 0.192. The first-order valence-corrected chi connectivity index (χ1v) is 9.76. The molecule has 14 heteroatoms. The van der Waals surface area contributed by atoms with Crippen LogP contribution in [0.1, 0.15) is 6.92 Å². The molecule has 10 atom stereocenters. The zero-order valence-electron chi connectivity index (χ0n) is 15.1.